The minimum Gasteiger partial charge on any atom is -0.353 e. The Morgan fingerprint density at radius 2 is 1.48 bits per heavy atom. The summed E-state index contributed by atoms with van der Waals surface area (Å²) < 4.78 is 0. The second-order valence-corrected chi connectivity index (χ2v) is 6.14. The lowest BCUT2D eigenvalue weighted by molar-refractivity contribution is -0.136. The van der Waals surface area contributed by atoms with E-state index in [0.29, 0.717) is 25.9 Å². The van der Waals surface area contributed by atoms with Gasteiger partial charge in [-0.1, -0.05) is 6.07 Å². The van der Waals surface area contributed by atoms with E-state index in [0.717, 1.165) is 44.8 Å². The van der Waals surface area contributed by atoms with Crippen molar-refractivity contribution in [3.63, 3.8) is 0 Å². The molecule has 0 aliphatic carbocycles. The molecule has 23 heavy (non-hydrogen) atoms. The first-order chi connectivity index (χ1) is 11.2. The number of likely N-dealkylation sites (tertiary alicyclic amines) is 1. The number of aromatic nitrogens is 1. The van der Waals surface area contributed by atoms with Gasteiger partial charge in [0.1, 0.15) is 5.82 Å². The molecule has 6 nitrogen and oxygen atoms in total. The minimum absolute atomic E-state index is 0.0956. The Morgan fingerprint density at radius 1 is 0.870 bits per heavy atom. The van der Waals surface area contributed by atoms with Crippen LogP contribution < -0.4 is 4.90 Å². The molecular formula is C17H24N4O2. The average molecular weight is 316 g/mol. The van der Waals surface area contributed by atoms with E-state index in [2.05, 4.69) is 9.88 Å². The lowest BCUT2D eigenvalue weighted by atomic mass is 10.2. The summed E-state index contributed by atoms with van der Waals surface area (Å²) in [5, 5.41) is 0. The second-order valence-electron chi connectivity index (χ2n) is 6.14. The number of pyridine rings is 1. The fraction of sp³-hybridized carbons (Fsp3) is 0.588. The van der Waals surface area contributed by atoms with E-state index in [1.807, 2.05) is 28.0 Å². The van der Waals surface area contributed by atoms with Gasteiger partial charge >= 0.3 is 0 Å². The molecule has 6 heteroatoms. The van der Waals surface area contributed by atoms with Crippen molar-refractivity contribution in [3.8, 4) is 0 Å². The summed E-state index contributed by atoms with van der Waals surface area (Å²) in [4.78, 5) is 34.6. The van der Waals surface area contributed by atoms with Crippen molar-refractivity contribution < 1.29 is 9.59 Å². The van der Waals surface area contributed by atoms with E-state index in [-0.39, 0.29) is 11.8 Å². The molecule has 2 saturated heterocycles. The smallest absolute Gasteiger partial charge is 0.223 e. The Morgan fingerprint density at radius 3 is 2.04 bits per heavy atom. The first kappa shape index (κ1) is 15.8. The van der Waals surface area contributed by atoms with Gasteiger partial charge in [-0.05, 0) is 25.0 Å². The first-order valence-electron chi connectivity index (χ1n) is 8.45. The molecule has 2 aliphatic heterocycles. The molecule has 3 rings (SSSR count). The van der Waals surface area contributed by atoms with Crippen molar-refractivity contribution >= 4 is 17.6 Å². The molecule has 124 valence electrons. The molecule has 0 bridgehead atoms. The van der Waals surface area contributed by atoms with Crippen molar-refractivity contribution in [2.45, 2.75) is 25.7 Å². The minimum atomic E-state index is 0.0956. The highest BCUT2D eigenvalue weighted by Gasteiger charge is 2.23. The summed E-state index contributed by atoms with van der Waals surface area (Å²) in [6, 6.07) is 5.87. The molecule has 3 heterocycles. The largest absolute Gasteiger partial charge is 0.353 e. The second kappa shape index (κ2) is 7.44. The van der Waals surface area contributed by atoms with Gasteiger partial charge in [-0.15, -0.1) is 0 Å². The summed E-state index contributed by atoms with van der Waals surface area (Å²) in [6.45, 7) is 4.71. The number of piperazine rings is 1. The molecule has 1 aromatic heterocycles. The van der Waals surface area contributed by atoms with Crippen LogP contribution in [0.3, 0.4) is 0 Å². The SMILES string of the molecule is O=C(CCC(=O)N1CCN(c2ccccn2)CC1)N1CCCC1. The summed E-state index contributed by atoms with van der Waals surface area (Å²) in [5.74, 6) is 1.19. The predicted octanol–water partition coefficient (Wildman–Crippen LogP) is 1.13. The number of nitrogens with zero attached hydrogens (tertiary/aromatic N) is 4. The standard InChI is InChI=1S/C17H24N4O2/c22-16(20-9-3-4-10-20)6-7-17(23)21-13-11-19(12-14-21)15-5-1-2-8-18-15/h1-2,5,8H,3-4,6-7,9-14H2. The van der Waals surface area contributed by atoms with Gasteiger partial charge in [0.15, 0.2) is 0 Å². The van der Waals surface area contributed by atoms with Crippen molar-refractivity contribution in [2.75, 3.05) is 44.2 Å². The summed E-state index contributed by atoms with van der Waals surface area (Å²) in [5.41, 5.74) is 0. The zero-order valence-electron chi connectivity index (χ0n) is 13.5. The molecule has 2 aliphatic rings. The third-order valence-electron chi connectivity index (χ3n) is 4.62. The van der Waals surface area contributed by atoms with Gasteiger partial charge in [-0.2, -0.15) is 0 Å². The average Bonchev–Trinajstić information content (AvgIpc) is 3.15. The van der Waals surface area contributed by atoms with Gasteiger partial charge in [0, 0.05) is 58.3 Å². The quantitative estimate of drug-likeness (QED) is 0.836. The van der Waals surface area contributed by atoms with Crippen molar-refractivity contribution in [1.29, 1.82) is 0 Å². The molecule has 0 N–H and O–H groups in total. The molecule has 0 spiro atoms. The van der Waals surface area contributed by atoms with Crippen molar-refractivity contribution in [3.05, 3.63) is 24.4 Å². The van der Waals surface area contributed by atoms with Crippen LogP contribution in [0.4, 0.5) is 5.82 Å². The maximum atomic E-state index is 12.3. The molecule has 0 radical (unpaired) electrons. The number of hydrogen-bond donors (Lipinski definition) is 0. The number of carbonyl (C=O) groups excluding carboxylic acids is 2. The van der Waals surface area contributed by atoms with Crippen LogP contribution >= 0.6 is 0 Å². The van der Waals surface area contributed by atoms with Crippen LogP contribution in [0.15, 0.2) is 24.4 Å². The zero-order chi connectivity index (χ0) is 16.1. The Balaban J connectivity index is 1.42. The summed E-state index contributed by atoms with van der Waals surface area (Å²) in [7, 11) is 0. The highest BCUT2D eigenvalue weighted by Crippen LogP contribution is 2.14. The molecule has 0 atom stereocenters. The molecule has 0 saturated carbocycles. The van der Waals surface area contributed by atoms with Gasteiger partial charge < -0.3 is 14.7 Å². The number of hydrogen-bond acceptors (Lipinski definition) is 4. The van der Waals surface area contributed by atoms with E-state index in [1.54, 1.807) is 6.20 Å². The van der Waals surface area contributed by atoms with Crippen molar-refractivity contribution in [2.24, 2.45) is 0 Å². The van der Waals surface area contributed by atoms with Crippen LogP contribution in [0.25, 0.3) is 0 Å². The van der Waals surface area contributed by atoms with Crippen LogP contribution in [0.2, 0.25) is 0 Å². The Labute approximate surface area is 137 Å². The van der Waals surface area contributed by atoms with Crippen LogP contribution in [-0.4, -0.2) is 65.9 Å². The van der Waals surface area contributed by atoms with Gasteiger partial charge in [-0.25, -0.2) is 4.98 Å². The van der Waals surface area contributed by atoms with E-state index in [1.165, 1.54) is 0 Å². The lowest BCUT2D eigenvalue weighted by Crippen LogP contribution is -2.49. The van der Waals surface area contributed by atoms with Crippen LogP contribution in [0, 0.1) is 0 Å². The van der Waals surface area contributed by atoms with Gasteiger partial charge in [-0.3, -0.25) is 9.59 Å². The highest BCUT2D eigenvalue weighted by molar-refractivity contribution is 5.84. The van der Waals surface area contributed by atoms with Gasteiger partial charge in [0.25, 0.3) is 0 Å². The molecule has 1 aromatic rings. The van der Waals surface area contributed by atoms with Crippen LogP contribution in [-0.2, 0) is 9.59 Å². The normalized spacial score (nSPS) is 18.3. The first-order valence-corrected chi connectivity index (χ1v) is 8.45. The van der Waals surface area contributed by atoms with E-state index >= 15 is 0 Å². The lowest BCUT2D eigenvalue weighted by Gasteiger charge is -2.35. The number of rotatable bonds is 4. The molecule has 0 unspecified atom stereocenters. The van der Waals surface area contributed by atoms with Crippen LogP contribution in [0.1, 0.15) is 25.7 Å². The number of anilines is 1. The third-order valence-corrected chi connectivity index (χ3v) is 4.62. The van der Waals surface area contributed by atoms with Crippen molar-refractivity contribution in [1.82, 2.24) is 14.8 Å². The topological polar surface area (TPSA) is 56.8 Å². The van der Waals surface area contributed by atoms with E-state index < -0.39 is 0 Å². The highest BCUT2D eigenvalue weighted by atomic mass is 16.2. The van der Waals surface area contributed by atoms with Gasteiger partial charge in [0.2, 0.25) is 11.8 Å². The Hall–Kier alpha value is -2.11. The Bertz CT molecular complexity index is 535. The van der Waals surface area contributed by atoms with E-state index in [9.17, 15) is 9.59 Å². The molecular weight excluding hydrogens is 292 g/mol. The maximum absolute atomic E-state index is 12.3. The predicted molar refractivity (Wildman–Crippen MR) is 88.1 cm³/mol. The summed E-state index contributed by atoms with van der Waals surface area (Å²) in [6.07, 6.45) is 4.65. The number of carbonyl (C=O) groups is 2. The molecule has 2 fully saturated rings. The fourth-order valence-electron chi connectivity index (χ4n) is 3.22. The maximum Gasteiger partial charge on any atom is 0.223 e. The fourth-order valence-corrected chi connectivity index (χ4v) is 3.22. The molecule has 0 aromatic carbocycles. The zero-order valence-corrected chi connectivity index (χ0v) is 13.5. The Kier molecular flexibility index (Phi) is 5.10. The third kappa shape index (κ3) is 4.00. The van der Waals surface area contributed by atoms with Crippen LogP contribution in [0.5, 0.6) is 0 Å². The van der Waals surface area contributed by atoms with E-state index in [4.69, 9.17) is 0 Å². The van der Waals surface area contributed by atoms with Gasteiger partial charge in [0.05, 0.1) is 0 Å². The number of amides is 2. The molecule has 2 amide bonds. The monoisotopic (exact) mass is 316 g/mol. The summed E-state index contributed by atoms with van der Waals surface area (Å²) >= 11 is 0.